The van der Waals surface area contributed by atoms with Gasteiger partial charge in [-0.2, -0.15) is 0 Å². The molecule has 0 N–H and O–H groups in total. The first-order chi connectivity index (χ1) is 33.5. The summed E-state index contributed by atoms with van der Waals surface area (Å²) in [5.41, 5.74) is 5.18. The van der Waals surface area contributed by atoms with E-state index in [0.29, 0.717) is 83.1 Å². The van der Waals surface area contributed by atoms with Gasteiger partial charge in [0.25, 0.3) is 0 Å². The molecule has 0 aliphatic rings. The topological polar surface area (TPSA) is 96.8 Å². The molecule has 0 amide bonds. The summed E-state index contributed by atoms with van der Waals surface area (Å²) < 4.78 is 24.8. The van der Waals surface area contributed by atoms with Crippen LogP contribution in [0.5, 0.6) is 23.0 Å². The first kappa shape index (κ1) is 55.0. The molecule has 68 heavy (non-hydrogen) atoms. The molecule has 2 aromatic carbocycles. The van der Waals surface area contributed by atoms with E-state index in [-0.39, 0.29) is 0 Å². The smallest absolute Gasteiger partial charge is 0.153 e. The highest BCUT2D eigenvalue weighted by atomic mass is 16.5. The Hall–Kier alpha value is -5.60. The second kappa shape index (κ2) is 34.7. The first-order valence-electron chi connectivity index (χ1n) is 26.3. The van der Waals surface area contributed by atoms with Gasteiger partial charge in [0.15, 0.2) is 12.6 Å². The van der Waals surface area contributed by atoms with Crippen molar-refractivity contribution >= 4 is 12.6 Å². The van der Waals surface area contributed by atoms with Crippen LogP contribution in [0.15, 0.2) is 60.9 Å². The Labute approximate surface area is 410 Å². The van der Waals surface area contributed by atoms with E-state index >= 15 is 0 Å². The molecule has 0 atom stereocenters. The molecule has 8 nitrogen and oxygen atoms in total. The highest BCUT2D eigenvalue weighted by molar-refractivity contribution is 5.82. The van der Waals surface area contributed by atoms with Gasteiger partial charge in [0.2, 0.25) is 0 Å². The number of rotatable bonds is 35. The summed E-state index contributed by atoms with van der Waals surface area (Å²) in [6.07, 6.45) is 32.9. The molecule has 0 aliphatic carbocycles. The van der Waals surface area contributed by atoms with Crippen molar-refractivity contribution in [2.45, 2.75) is 182 Å². The van der Waals surface area contributed by atoms with Gasteiger partial charge in [0, 0.05) is 35.7 Å². The zero-order chi connectivity index (χ0) is 48.3. The van der Waals surface area contributed by atoms with Crippen LogP contribution in [0.25, 0.3) is 11.4 Å². The first-order valence-corrected chi connectivity index (χ1v) is 26.3. The molecule has 4 aromatic rings. The Morgan fingerprint density at radius 3 is 0.985 bits per heavy atom. The summed E-state index contributed by atoms with van der Waals surface area (Å²) >= 11 is 0. The molecule has 0 spiro atoms. The molecule has 0 fully saturated rings. The predicted octanol–water partition coefficient (Wildman–Crippen LogP) is 15.5. The van der Waals surface area contributed by atoms with E-state index in [1.807, 2.05) is 36.4 Å². The van der Waals surface area contributed by atoms with Crippen molar-refractivity contribution in [2.75, 3.05) is 26.4 Å². The van der Waals surface area contributed by atoms with Crippen molar-refractivity contribution in [3.8, 4) is 58.1 Å². The minimum absolute atomic E-state index is 0.471. The highest BCUT2D eigenvalue weighted by Gasteiger charge is 2.14. The molecule has 8 heteroatoms. The van der Waals surface area contributed by atoms with Crippen LogP contribution in [0.4, 0.5) is 0 Å². The molecule has 0 saturated heterocycles. The lowest BCUT2D eigenvalue weighted by atomic mass is 10.1. The molecule has 0 radical (unpaired) electrons. The van der Waals surface area contributed by atoms with Crippen molar-refractivity contribution in [3.05, 3.63) is 94.3 Å². The zero-order valence-corrected chi connectivity index (χ0v) is 42.1. The normalized spacial score (nSPS) is 10.7. The Morgan fingerprint density at radius 2 is 0.691 bits per heavy atom. The van der Waals surface area contributed by atoms with Gasteiger partial charge < -0.3 is 18.9 Å². The second-order valence-electron chi connectivity index (χ2n) is 17.8. The van der Waals surface area contributed by atoms with Crippen molar-refractivity contribution in [3.63, 3.8) is 0 Å². The summed E-state index contributed by atoms with van der Waals surface area (Å²) in [5, 5.41) is 0. The zero-order valence-electron chi connectivity index (χ0n) is 42.1. The lowest BCUT2D eigenvalue weighted by Crippen LogP contribution is -2.04. The number of benzene rings is 2. The molecule has 0 aliphatic heterocycles. The predicted molar refractivity (Wildman–Crippen MR) is 279 cm³/mol. The summed E-state index contributed by atoms with van der Waals surface area (Å²) in [7, 11) is 0. The van der Waals surface area contributed by atoms with Crippen LogP contribution in [0.3, 0.4) is 0 Å². The summed E-state index contributed by atoms with van der Waals surface area (Å²) in [6, 6.07) is 14.9. The SMILES string of the molecule is CCCCCCCCOc1cc(C=O)c(OCCCCCCCC)cc1C#Cc1ccc(-c2ccc(C#Cc3cc(OCCCCCCCC)c(C=O)cc3OCCCCCCCC)cn2)nc1. The van der Waals surface area contributed by atoms with E-state index in [9.17, 15) is 9.59 Å². The molecule has 366 valence electrons. The van der Waals surface area contributed by atoms with Crippen LogP contribution in [0, 0.1) is 23.7 Å². The Kier molecular flexibility index (Phi) is 28.0. The minimum atomic E-state index is 0.471. The molecular weight excluding hydrogens is 845 g/mol. The van der Waals surface area contributed by atoms with E-state index < -0.39 is 0 Å². The van der Waals surface area contributed by atoms with E-state index in [2.05, 4.69) is 51.4 Å². The Morgan fingerprint density at radius 1 is 0.382 bits per heavy atom. The van der Waals surface area contributed by atoms with Crippen LogP contribution in [-0.4, -0.2) is 49.0 Å². The van der Waals surface area contributed by atoms with Crippen molar-refractivity contribution in [1.82, 2.24) is 9.97 Å². The van der Waals surface area contributed by atoms with Crippen molar-refractivity contribution in [1.29, 1.82) is 0 Å². The lowest BCUT2D eigenvalue weighted by Gasteiger charge is -2.14. The molecule has 0 bridgehead atoms. The standard InChI is InChI=1S/C60H80N2O6/c1-5-9-13-17-21-25-37-65-57-43-53(47-63)59(67-39-27-23-19-15-11-7-3)41-51(57)33-29-49-31-35-55(61-45-49)56-36-32-50(46-62-56)30-34-52-42-60(68-40-28-24-20-16-12-8-4)54(48-64)44-58(52)66-38-26-22-18-14-10-6-2/h31-32,35-36,41-48H,5-28,37-40H2,1-4H3. The fourth-order valence-corrected chi connectivity index (χ4v) is 7.80. The maximum absolute atomic E-state index is 12.2. The number of aldehydes is 2. The number of carbonyl (C=O) groups excluding carboxylic acids is 2. The Balaban J connectivity index is 1.48. The summed E-state index contributed by atoms with van der Waals surface area (Å²) in [4.78, 5) is 33.8. The van der Waals surface area contributed by atoms with Gasteiger partial charge in [0.1, 0.15) is 23.0 Å². The van der Waals surface area contributed by atoms with E-state index in [1.165, 1.54) is 103 Å². The van der Waals surface area contributed by atoms with Gasteiger partial charge in [-0.3, -0.25) is 19.6 Å². The number of carbonyl (C=O) groups is 2. The van der Waals surface area contributed by atoms with E-state index in [0.717, 1.165) is 75.1 Å². The fourth-order valence-electron chi connectivity index (χ4n) is 7.80. The average Bonchev–Trinajstić information content (AvgIpc) is 3.37. The fraction of sp³-hybridized carbons (Fsp3) is 0.533. The lowest BCUT2D eigenvalue weighted by molar-refractivity contribution is 0.111. The summed E-state index contributed by atoms with van der Waals surface area (Å²) in [5.74, 6) is 15.3. The van der Waals surface area contributed by atoms with Crippen LogP contribution in [-0.2, 0) is 0 Å². The van der Waals surface area contributed by atoms with Gasteiger partial charge >= 0.3 is 0 Å². The van der Waals surface area contributed by atoms with Crippen LogP contribution < -0.4 is 18.9 Å². The van der Waals surface area contributed by atoms with Gasteiger partial charge in [-0.05, 0) is 62.1 Å². The van der Waals surface area contributed by atoms with Crippen LogP contribution in [0.2, 0.25) is 0 Å². The molecule has 2 aromatic heterocycles. The monoisotopic (exact) mass is 925 g/mol. The number of aromatic nitrogens is 2. The van der Waals surface area contributed by atoms with E-state index in [1.54, 1.807) is 24.5 Å². The van der Waals surface area contributed by atoms with Gasteiger partial charge in [-0.25, -0.2) is 0 Å². The molecule has 2 heterocycles. The third-order valence-corrected chi connectivity index (χ3v) is 12.0. The average molecular weight is 925 g/mol. The minimum Gasteiger partial charge on any atom is -0.493 e. The number of nitrogens with zero attached hydrogens (tertiary/aromatic N) is 2. The van der Waals surface area contributed by atoms with E-state index in [4.69, 9.17) is 28.9 Å². The second-order valence-corrected chi connectivity index (χ2v) is 17.8. The quantitative estimate of drug-likeness (QED) is 0.0256. The number of pyridine rings is 2. The maximum atomic E-state index is 12.2. The number of hydrogen-bond acceptors (Lipinski definition) is 8. The Bertz CT molecular complexity index is 2000. The van der Waals surface area contributed by atoms with Gasteiger partial charge in [0.05, 0.1) is 60.1 Å². The number of hydrogen-bond donors (Lipinski definition) is 0. The van der Waals surface area contributed by atoms with Crippen molar-refractivity contribution in [2.24, 2.45) is 0 Å². The van der Waals surface area contributed by atoms with Gasteiger partial charge in [-0.1, -0.05) is 180 Å². The van der Waals surface area contributed by atoms with Gasteiger partial charge in [-0.15, -0.1) is 0 Å². The van der Waals surface area contributed by atoms with Crippen LogP contribution >= 0.6 is 0 Å². The largest absolute Gasteiger partial charge is 0.493 e. The third kappa shape index (κ3) is 21.1. The molecule has 4 rings (SSSR count). The molecular formula is C60H80N2O6. The number of ether oxygens (including phenoxy) is 4. The maximum Gasteiger partial charge on any atom is 0.153 e. The highest BCUT2D eigenvalue weighted by Crippen LogP contribution is 2.30. The molecule has 0 unspecified atom stereocenters. The third-order valence-electron chi connectivity index (χ3n) is 12.0. The molecule has 0 saturated carbocycles. The van der Waals surface area contributed by atoms with Crippen molar-refractivity contribution < 1.29 is 28.5 Å². The number of unbranched alkanes of at least 4 members (excludes halogenated alkanes) is 20. The van der Waals surface area contributed by atoms with Crippen LogP contribution in [0.1, 0.15) is 225 Å². The summed E-state index contributed by atoms with van der Waals surface area (Å²) in [6.45, 7) is 11.1.